The number of amides is 1. The average molecular weight is 358 g/mol. The Morgan fingerprint density at radius 2 is 2.27 bits per heavy atom. The Balaban J connectivity index is 1.62. The standard InChI is InChI=1S/C20H23FN2O3/c1-20(25)9-11-23(19(24)8-7-15-4-3-10-22-13-15)14-18(20)26-17-6-2-5-16(21)12-17/h2-6,10,12-13,18,25H,7-9,11,14H2,1H3/t18-,20-/m1/s1. The highest BCUT2D eigenvalue weighted by Gasteiger charge is 2.40. The molecular formula is C20H23FN2O3. The third-order valence-electron chi connectivity index (χ3n) is 4.75. The molecule has 2 heterocycles. The lowest BCUT2D eigenvalue weighted by Crippen LogP contribution is -2.57. The van der Waals surface area contributed by atoms with Gasteiger partial charge in [0.1, 0.15) is 23.3 Å². The van der Waals surface area contributed by atoms with E-state index < -0.39 is 17.5 Å². The Kier molecular flexibility index (Phi) is 5.52. The van der Waals surface area contributed by atoms with Gasteiger partial charge < -0.3 is 14.7 Å². The lowest BCUT2D eigenvalue weighted by atomic mass is 9.90. The number of aryl methyl sites for hydroxylation is 1. The van der Waals surface area contributed by atoms with Crippen LogP contribution in [-0.2, 0) is 11.2 Å². The fraction of sp³-hybridized carbons (Fsp3) is 0.400. The van der Waals surface area contributed by atoms with Crippen molar-refractivity contribution >= 4 is 5.91 Å². The number of hydrogen-bond donors (Lipinski definition) is 1. The Labute approximate surface area is 152 Å². The molecule has 1 saturated heterocycles. The van der Waals surface area contributed by atoms with Crippen molar-refractivity contribution in [2.45, 2.75) is 37.9 Å². The zero-order valence-corrected chi connectivity index (χ0v) is 14.8. The van der Waals surface area contributed by atoms with E-state index in [9.17, 15) is 14.3 Å². The molecule has 1 aromatic carbocycles. The molecule has 1 aromatic heterocycles. The number of hydrogen-bond acceptors (Lipinski definition) is 4. The minimum atomic E-state index is -1.08. The van der Waals surface area contributed by atoms with E-state index in [0.717, 1.165) is 5.56 Å². The third-order valence-corrected chi connectivity index (χ3v) is 4.75. The van der Waals surface area contributed by atoms with Crippen LogP contribution in [-0.4, -0.2) is 45.7 Å². The van der Waals surface area contributed by atoms with Gasteiger partial charge in [-0.1, -0.05) is 12.1 Å². The predicted octanol–water partition coefficient (Wildman–Crippen LogP) is 2.58. The number of pyridine rings is 1. The molecule has 1 aliphatic heterocycles. The highest BCUT2D eigenvalue weighted by Crippen LogP contribution is 2.27. The molecule has 0 radical (unpaired) electrons. The number of aliphatic hydroxyl groups is 1. The molecular weight excluding hydrogens is 335 g/mol. The van der Waals surface area contributed by atoms with Crippen LogP contribution < -0.4 is 4.74 Å². The zero-order chi connectivity index (χ0) is 18.6. The first kappa shape index (κ1) is 18.3. The minimum absolute atomic E-state index is 0.0113. The summed E-state index contributed by atoms with van der Waals surface area (Å²) in [5.41, 5.74) is -0.0654. The highest BCUT2D eigenvalue weighted by atomic mass is 19.1. The van der Waals surface area contributed by atoms with Crippen LogP contribution in [0.5, 0.6) is 5.75 Å². The van der Waals surface area contributed by atoms with Gasteiger partial charge in [0.25, 0.3) is 0 Å². The lowest BCUT2D eigenvalue weighted by molar-refractivity contribution is -0.143. The van der Waals surface area contributed by atoms with Gasteiger partial charge >= 0.3 is 0 Å². The van der Waals surface area contributed by atoms with Crippen molar-refractivity contribution in [1.82, 2.24) is 9.88 Å². The van der Waals surface area contributed by atoms with E-state index in [-0.39, 0.29) is 12.5 Å². The molecule has 1 N–H and O–H groups in total. The molecule has 6 heteroatoms. The van der Waals surface area contributed by atoms with Crippen LogP contribution in [0.4, 0.5) is 4.39 Å². The summed E-state index contributed by atoms with van der Waals surface area (Å²) in [7, 11) is 0. The molecule has 0 aliphatic carbocycles. The molecule has 2 aromatic rings. The fourth-order valence-electron chi connectivity index (χ4n) is 3.06. The fourth-order valence-corrected chi connectivity index (χ4v) is 3.06. The largest absolute Gasteiger partial charge is 0.485 e. The topological polar surface area (TPSA) is 62.7 Å². The first-order valence-electron chi connectivity index (χ1n) is 8.75. The predicted molar refractivity (Wildman–Crippen MR) is 95.2 cm³/mol. The quantitative estimate of drug-likeness (QED) is 0.892. The summed E-state index contributed by atoms with van der Waals surface area (Å²) in [5.74, 6) is -0.0421. The highest BCUT2D eigenvalue weighted by molar-refractivity contribution is 5.76. The Morgan fingerprint density at radius 1 is 1.42 bits per heavy atom. The molecule has 3 rings (SSSR count). The van der Waals surface area contributed by atoms with Crippen LogP contribution in [0, 0.1) is 5.82 Å². The summed E-state index contributed by atoms with van der Waals surface area (Å²) in [5, 5.41) is 10.6. The van der Waals surface area contributed by atoms with Crippen LogP contribution >= 0.6 is 0 Å². The first-order chi connectivity index (χ1) is 12.4. The molecule has 1 aliphatic rings. The minimum Gasteiger partial charge on any atom is -0.485 e. The average Bonchev–Trinajstić information content (AvgIpc) is 2.62. The van der Waals surface area contributed by atoms with Crippen molar-refractivity contribution in [3.63, 3.8) is 0 Å². The summed E-state index contributed by atoms with van der Waals surface area (Å²) in [6.45, 7) is 2.44. The Hall–Kier alpha value is -2.47. The van der Waals surface area contributed by atoms with E-state index in [4.69, 9.17) is 4.74 Å². The molecule has 1 fully saturated rings. The van der Waals surface area contributed by atoms with Crippen LogP contribution in [0.1, 0.15) is 25.3 Å². The van der Waals surface area contributed by atoms with E-state index in [1.807, 2.05) is 12.1 Å². The summed E-state index contributed by atoms with van der Waals surface area (Å²) in [4.78, 5) is 18.3. The number of piperidine rings is 1. The second-order valence-electron chi connectivity index (χ2n) is 6.87. The van der Waals surface area contributed by atoms with Crippen LogP contribution in [0.15, 0.2) is 48.8 Å². The van der Waals surface area contributed by atoms with Crippen molar-refractivity contribution in [1.29, 1.82) is 0 Å². The third kappa shape index (κ3) is 4.58. The van der Waals surface area contributed by atoms with E-state index >= 15 is 0 Å². The summed E-state index contributed by atoms with van der Waals surface area (Å²) in [6.07, 6.45) is 4.25. The van der Waals surface area contributed by atoms with Crippen LogP contribution in [0.3, 0.4) is 0 Å². The van der Waals surface area contributed by atoms with Crippen LogP contribution in [0.25, 0.3) is 0 Å². The number of benzene rings is 1. The van der Waals surface area contributed by atoms with E-state index in [1.165, 1.54) is 12.1 Å². The molecule has 0 spiro atoms. The van der Waals surface area contributed by atoms with Gasteiger partial charge in [0, 0.05) is 31.4 Å². The van der Waals surface area contributed by atoms with Crippen molar-refractivity contribution in [2.24, 2.45) is 0 Å². The van der Waals surface area contributed by atoms with Crippen LogP contribution in [0.2, 0.25) is 0 Å². The smallest absolute Gasteiger partial charge is 0.223 e. The molecule has 2 atom stereocenters. The monoisotopic (exact) mass is 358 g/mol. The lowest BCUT2D eigenvalue weighted by Gasteiger charge is -2.42. The van der Waals surface area contributed by atoms with Crippen molar-refractivity contribution in [3.8, 4) is 5.75 Å². The number of carbonyl (C=O) groups is 1. The molecule has 1 amide bonds. The first-order valence-corrected chi connectivity index (χ1v) is 8.75. The van der Waals surface area contributed by atoms with Gasteiger partial charge in [-0.2, -0.15) is 0 Å². The molecule has 0 bridgehead atoms. The van der Waals surface area contributed by atoms with E-state index in [0.29, 0.717) is 31.6 Å². The van der Waals surface area contributed by atoms with Gasteiger partial charge in [-0.15, -0.1) is 0 Å². The van der Waals surface area contributed by atoms with Gasteiger partial charge in [0.2, 0.25) is 5.91 Å². The van der Waals surface area contributed by atoms with Gasteiger partial charge in [0.15, 0.2) is 0 Å². The number of rotatable bonds is 5. The van der Waals surface area contributed by atoms with Gasteiger partial charge in [-0.25, -0.2) is 4.39 Å². The Morgan fingerprint density at radius 3 is 3.00 bits per heavy atom. The number of halogens is 1. The summed E-state index contributed by atoms with van der Waals surface area (Å²) < 4.78 is 19.2. The molecule has 138 valence electrons. The number of aromatic nitrogens is 1. The zero-order valence-electron chi connectivity index (χ0n) is 14.8. The maximum Gasteiger partial charge on any atom is 0.223 e. The molecule has 0 saturated carbocycles. The normalized spacial score (nSPS) is 22.9. The molecule has 26 heavy (non-hydrogen) atoms. The van der Waals surface area contributed by atoms with Gasteiger partial charge in [-0.05, 0) is 43.5 Å². The van der Waals surface area contributed by atoms with Crippen molar-refractivity contribution in [2.75, 3.05) is 13.1 Å². The number of carbonyl (C=O) groups excluding carboxylic acids is 1. The SMILES string of the molecule is C[C@@]1(O)CCN(C(=O)CCc2cccnc2)C[C@H]1Oc1cccc(F)c1. The van der Waals surface area contributed by atoms with E-state index in [1.54, 1.807) is 36.4 Å². The van der Waals surface area contributed by atoms with E-state index in [2.05, 4.69) is 4.98 Å². The summed E-state index contributed by atoms with van der Waals surface area (Å²) >= 11 is 0. The van der Waals surface area contributed by atoms with Gasteiger partial charge in [0.05, 0.1) is 6.54 Å². The number of likely N-dealkylation sites (tertiary alicyclic amines) is 1. The second-order valence-corrected chi connectivity index (χ2v) is 6.87. The summed E-state index contributed by atoms with van der Waals surface area (Å²) in [6, 6.07) is 9.60. The number of ether oxygens (including phenoxy) is 1. The molecule has 0 unspecified atom stereocenters. The molecule has 5 nitrogen and oxygen atoms in total. The number of nitrogens with zero attached hydrogens (tertiary/aromatic N) is 2. The Bertz CT molecular complexity index is 752. The maximum atomic E-state index is 13.4. The van der Waals surface area contributed by atoms with Crippen molar-refractivity contribution in [3.05, 3.63) is 60.2 Å². The second kappa shape index (κ2) is 7.83. The van der Waals surface area contributed by atoms with Gasteiger partial charge in [-0.3, -0.25) is 9.78 Å². The maximum absolute atomic E-state index is 13.4. The van der Waals surface area contributed by atoms with Crippen molar-refractivity contribution < 1.29 is 19.0 Å².